The number of benzene rings is 1. The van der Waals surface area contributed by atoms with Crippen LogP contribution in [0.1, 0.15) is 21.1 Å². The number of halogens is 1. The SMILES string of the molecule is Cc1csc(CCNC(=O)c2cccc([N+](=O)[O-])c2Br)n1. The second kappa shape index (κ2) is 6.77. The van der Waals surface area contributed by atoms with Crippen LogP contribution >= 0.6 is 27.3 Å². The summed E-state index contributed by atoms with van der Waals surface area (Å²) in [5, 5.41) is 16.5. The molecule has 6 nitrogen and oxygen atoms in total. The lowest BCUT2D eigenvalue weighted by atomic mass is 10.2. The van der Waals surface area contributed by atoms with E-state index in [1.807, 2.05) is 12.3 Å². The molecular weight excluding hydrogens is 358 g/mol. The molecule has 1 amide bonds. The fraction of sp³-hybridized carbons (Fsp3) is 0.231. The predicted molar refractivity (Wildman–Crippen MR) is 83.7 cm³/mol. The van der Waals surface area contributed by atoms with E-state index in [1.54, 1.807) is 17.4 Å². The second-order valence-electron chi connectivity index (χ2n) is 4.28. The molecule has 0 atom stereocenters. The van der Waals surface area contributed by atoms with Gasteiger partial charge in [-0.15, -0.1) is 11.3 Å². The number of nitrogens with one attached hydrogen (secondary N) is 1. The van der Waals surface area contributed by atoms with Gasteiger partial charge in [-0.25, -0.2) is 4.98 Å². The molecule has 1 N–H and O–H groups in total. The highest BCUT2D eigenvalue weighted by Gasteiger charge is 2.19. The monoisotopic (exact) mass is 369 g/mol. The highest BCUT2D eigenvalue weighted by molar-refractivity contribution is 9.10. The van der Waals surface area contributed by atoms with Crippen LogP contribution in [0.5, 0.6) is 0 Å². The summed E-state index contributed by atoms with van der Waals surface area (Å²) in [5.41, 5.74) is 1.08. The van der Waals surface area contributed by atoms with Gasteiger partial charge in [0.1, 0.15) is 4.47 Å². The molecule has 1 heterocycles. The first-order valence-corrected chi connectivity index (χ1v) is 7.78. The Balaban J connectivity index is 2.00. The van der Waals surface area contributed by atoms with E-state index in [0.717, 1.165) is 10.7 Å². The Hall–Kier alpha value is -1.80. The van der Waals surface area contributed by atoms with Gasteiger partial charge in [0.05, 0.1) is 15.5 Å². The van der Waals surface area contributed by atoms with Crippen LogP contribution in [0.4, 0.5) is 5.69 Å². The molecular formula is C13H12BrN3O3S. The van der Waals surface area contributed by atoms with Crippen molar-refractivity contribution in [1.29, 1.82) is 0 Å². The number of nitro benzene ring substituents is 1. The van der Waals surface area contributed by atoms with Gasteiger partial charge in [-0.1, -0.05) is 6.07 Å². The Morgan fingerprint density at radius 2 is 2.29 bits per heavy atom. The first-order chi connectivity index (χ1) is 9.99. The number of nitrogens with zero attached hydrogens (tertiary/aromatic N) is 2. The molecule has 1 aromatic heterocycles. The summed E-state index contributed by atoms with van der Waals surface area (Å²) in [6.45, 7) is 2.35. The number of aryl methyl sites for hydroxylation is 1. The minimum atomic E-state index is -0.529. The van der Waals surface area contributed by atoms with Gasteiger partial charge < -0.3 is 5.32 Å². The molecule has 8 heteroatoms. The van der Waals surface area contributed by atoms with Crippen LogP contribution in [0.25, 0.3) is 0 Å². The maximum Gasteiger partial charge on any atom is 0.284 e. The number of hydrogen-bond donors (Lipinski definition) is 1. The Kier molecular flexibility index (Phi) is 5.03. The Labute approximate surface area is 133 Å². The van der Waals surface area contributed by atoms with E-state index in [4.69, 9.17) is 0 Å². The summed E-state index contributed by atoms with van der Waals surface area (Å²) in [4.78, 5) is 26.7. The zero-order valence-electron chi connectivity index (χ0n) is 11.1. The zero-order chi connectivity index (χ0) is 15.4. The summed E-state index contributed by atoms with van der Waals surface area (Å²) in [6, 6.07) is 4.38. The van der Waals surface area contributed by atoms with Crippen LogP contribution < -0.4 is 5.32 Å². The molecule has 110 valence electrons. The van der Waals surface area contributed by atoms with Crippen molar-refractivity contribution in [2.24, 2.45) is 0 Å². The molecule has 0 saturated heterocycles. The topological polar surface area (TPSA) is 85.1 Å². The minimum absolute atomic E-state index is 0.127. The van der Waals surface area contributed by atoms with Crippen LogP contribution in [-0.2, 0) is 6.42 Å². The van der Waals surface area contributed by atoms with Crippen LogP contribution in [0.3, 0.4) is 0 Å². The van der Waals surface area contributed by atoms with Gasteiger partial charge in [-0.3, -0.25) is 14.9 Å². The molecule has 0 unspecified atom stereocenters. The molecule has 0 aliphatic carbocycles. The summed E-state index contributed by atoms with van der Waals surface area (Å²) >= 11 is 4.66. The highest BCUT2D eigenvalue weighted by Crippen LogP contribution is 2.28. The first-order valence-electron chi connectivity index (χ1n) is 6.11. The number of rotatable bonds is 5. The largest absolute Gasteiger partial charge is 0.352 e. The number of aromatic nitrogens is 1. The molecule has 2 aromatic rings. The number of amides is 1. The van der Waals surface area contributed by atoms with Gasteiger partial charge in [0, 0.05) is 30.1 Å². The van der Waals surface area contributed by atoms with Gasteiger partial charge in [0.2, 0.25) is 0 Å². The van der Waals surface area contributed by atoms with Crippen LogP contribution in [0.2, 0.25) is 0 Å². The molecule has 0 bridgehead atoms. The number of carbonyl (C=O) groups excluding carboxylic acids is 1. The first kappa shape index (κ1) is 15.6. The second-order valence-corrected chi connectivity index (χ2v) is 6.02. The van der Waals surface area contributed by atoms with Crippen LogP contribution in [-0.4, -0.2) is 22.4 Å². The number of thiazole rings is 1. The third-order valence-corrected chi connectivity index (χ3v) is 4.57. The van der Waals surface area contributed by atoms with Crippen molar-refractivity contribution in [2.45, 2.75) is 13.3 Å². The molecule has 21 heavy (non-hydrogen) atoms. The Morgan fingerprint density at radius 3 is 2.90 bits per heavy atom. The van der Waals surface area contributed by atoms with E-state index in [-0.39, 0.29) is 21.6 Å². The smallest absolute Gasteiger partial charge is 0.284 e. The summed E-state index contributed by atoms with van der Waals surface area (Å²) in [6.07, 6.45) is 0.636. The fourth-order valence-electron chi connectivity index (χ4n) is 1.73. The van der Waals surface area contributed by atoms with Crippen molar-refractivity contribution in [1.82, 2.24) is 10.3 Å². The van der Waals surface area contributed by atoms with E-state index in [9.17, 15) is 14.9 Å². The van der Waals surface area contributed by atoms with Crippen molar-refractivity contribution in [3.05, 3.63) is 54.4 Å². The van der Waals surface area contributed by atoms with Crippen molar-refractivity contribution in [3.8, 4) is 0 Å². The average Bonchev–Trinajstić information content (AvgIpc) is 2.84. The lowest BCUT2D eigenvalue weighted by molar-refractivity contribution is -0.385. The van der Waals surface area contributed by atoms with Crippen molar-refractivity contribution in [3.63, 3.8) is 0 Å². The van der Waals surface area contributed by atoms with Gasteiger partial charge >= 0.3 is 0 Å². The van der Waals surface area contributed by atoms with E-state index >= 15 is 0 Å². The summed E-state index contributed by atoms with van der Waals surface area (Å²) < 4.78 is 0.192. The van der Waals surface area contributed by atoms with Crippen molar-refractivity contribution in [2.75, 3.05) is 6.54 Å². The van der Waals surface area contributed by atoms with Gasteiger partial charge in [-0.05, 0) is 28.9 Å². The molecule has 0 aliphatic heterocycles. The number of hydrogen-bond acceptors (Lipinski definition) is 5. The normalized spacial score (nSPS) is 10.4. The predicted octanol–water partition coefficient (Wildman–Crippen LogP) is 3.09. The lowest BCUT2D eigenvalue weighted by Crippen LogP contribution is -2.26. The third-order valence-electron chi connectivity index (χ3n) is 2.71. The molecule has 0 fully saturated rings. The quantitative estimate of drug-likeness (QED) is 0.647. The molecule has 0 aliphatic rings. The molecule has 0 spiro atoms. The molecule has 0 radical (unpaired) electrons. The van der Waals surface area contributed by atoms with E-state index in [2.05, 4.69) is 26.2 Å². The van der Waals surface area contributed by atoms with E-state index in [1.165, 1.54) is 12.1 Å². The van der Waals surface area contributed by atoms with Gasteiger partial charge in [-0.2, -0.15) is 0 Å². The zero-order valence-corrected chi connectivity index (χ0v) is 13.5. The summed E-state index contributed by atoms with van der Waals surface area (Å²) in [5.74, 6) is -0.348. The molecule has 1 aromatic carbocycles. The van der Waals surface area contributed by atoms with Crippen molar-refractivity contribution < 1.29 is 9.72 Å². The maximum atomic E-state index is 12.1. The average molecular weight is 370 g/mol. The Morgan fingerprint density at radius 1 is 1.52 bits per heavy atom. The van der Waals surface area contributed by atoms with Gasteiger partial charge in [0.15, 0.2) is 0 Å². The highest BCUT2D eigenvalue weighted by atomic mass is 79.9. The lowest BCUT2D eigenvalue weighted by Gasteiger charge is -2.06. The number of nitro groups is 1. The van der Waals surface area contributed by atoms with Gasteiger partial charge in [0.25, 0.3) is 11.6 Å². The van der Waals surface area contributed by atoms with E-state index in [0.29, 0.717) is 13.0 Å². The molecule has 2 rings (SSSR count). The summed E-state index contributed by atoms with van der Waals surface area (Å²) in [7, 11) is 0. The van der Waals surface area contributed by atoms with E-state index < -0.39 is 4.92 Å². The maximum absolute atomic E-state index is 12.1. The standard InChI is InChI=1S/C13H12BrN3O3S/c1-8-7-21-11(16-8)5-6-15-13(18)9-3-2-4-10(12(9)14)17(19)20/h2-4,7H,5-6H2,1H3,(H,15,18). The minimum Gasteiger partial charge on any atom is -0.352 e. The number of carbonyl (C=O) groups is 1. The fourth-order valence-corrected chi connectivity index (χ4v) is 3.10. The molecule has 0 saturated carbocycles. The third kappa shape index (κ3) is 3.85. The Bertz CT molecular complexity index is 687. The van der Waals surface area contributed by atoms with Crippen molar-refractivity contribution >= 4 is 38.9 Å². The van der Waals surface area contributed by atoms with Crippen LogP contribution in [0, 0.1) is 17.0 Å². The van der Waals surface area contributed by atoms with Crippen LogP contribution in [0.15, 0.2) is 28.1 Å².